The summed E-state index contributed by atoms with van der Waals surface area (Å²) >= 11 is 0. The maximum absolute atomic E-state index is 11.6. The largest absolute Gasteiger partial charge is 0.500 e. The van der Waals surface area contributed by atoms with Crippen molar-refractivity contribution in [2.45, 2.75) is 12.5 Å². The third-order valence-electron chi connectivity index (χ3n) is 4.31. The van der Waals surface area contributed by atoms with Crippen LogP contribution in [0.3, 0.4) is 0 Å². The van der Waals surface area contributed by atoms with Crippen LogP contribution in [0.15, 0.2) is 12.7 Å². The first-order valence-electron chi connectivity index (χ1n) is 11.4. The maximum Gasteiger partial charge on any atom is 0.500 e. The molecule has 0 heterocycles. The molecule has 0 aliphatic rings. The lowest BCUT2D eigenvalue weighted by Crippen LogP contribution is -2.43. The lowest BCUT2D eigenvalue weighted by Gasteiger charge is -2.24. The number of amides is 2. The number of alkyl carbamates (subject to hydrolysis) is 2. The van der Waals surface area contributed by atoms with Crippen LogP contribution >= 0.6 is 0 Å². The maximum atomic E-state index is 11.6. The number of ether oxygens (including phenoxy) is 6. The van der Waals surface area contributed by atoms with Gasteiger partial charge in [-0.3, -0.25) is 0 Å². The second-order valence-electron chi connectivity index (χ2n) is 6.73. The molecule has 15 heteroatoms. The summed E-state index contributed by atoms with van der Waals surface area (Å²) in [7, 11) is 2.00. The van der Waals surface area contributed by atoms with Crippen LogP contribution in [-0.2, 0) is 46.5 Å². The Morgan fingerprint density at radius 1 is 0.667 bits per heavy atom. The van der Waals surface area contributed by atoms with E-state index >= 15 is 0 Å². The van der Waals surface area contributed by atoms with Crippen LogP contribution in [0.5, 0.6) is 0 Å². The van der Waals surface area contributed by atoms with Gasteiger partial charge in [0.25, 0.3) is 0 Å². The van der Waals surface area contributed by atoms with Crippen molar-refractivity contribution in [3.63, 3.8) is 0 Å². The van der Waals surface area contributed by atoms with Crippen LogP contribution in [-0.4, -0.2) is 121 Å². The molecule has 0 aromatic rings. The number of esters is 1. The zero-order chi connectivity index (χ0) is 26.9. The Kier molecular flexibility index (Phi) is 21.7. The molecule has 0 aromatic carbocycles. The number of carbonyl (C=O) groups excluding carboxylic acids is 3. The van der Waals surface area contributed by atoms with E-state index in [1.807, 2.05) is 0 Å². The predicted molar refractivity (Wildman–Crippen MR) is 129 cm³/mol. The quantitative estimate of drug-likeness (QED) is 0.0608. The molecule has 0 bridgehead atoms. The number of hydrogen-bond donors (Lipinski definition) is 2. The van der Waals surface area contributed by atoms with E-state index in [1.54, 1.807) is 21.3 Å². The second kappa shape index (κ2) is 23.1. The molecule has 0 spiro atoms. The lowest BCUT2D eigenvalue weighted by atomic mass is 10.5. The van der Waals surface area contributed by atoms with Gasteiger partial charge in [0.2, 0.25) is 0 Å². The van der Waals surface area contributed by atoms with Crippen LogP contribution in [0.2, 0.25) is 6.04 Å². The predicted octanol–water partition coefficient (Wildman–Crippen LogP) is 0.486. The topological polar surface area (TPSA) is 158 Å². The fourth-order valence-corrected chi connectivity index (χ4v) is 4.17. The first-order valence-corrected chi connectivity index (χ1v) is 13.3. The minimum Gasteiger partial charge on any atom is -0.461 e. The summed E-state index contributed by atoms with van der Waals surface area (Å²) in [6, 6.07) is 0.577. The highest BCUT2D eigenvalue weighted by molar-refractivity contribution is 6.60. The number of carbonyl (C=O) groups is 3. The SMILES string of the molecule is C=CC(=O)OCCNC(=O)OCCOCCOCCOCCOC(=O)NCCC[Si](OC)(OC)OC. The average Bonchev–Trinajstić information content (AvgIpc) is 2.89. The Balaban J connectivity index is 3.40. The molecule has 210 valence electrons. The van der Waals surface area contributed by atoms with Crippen molar-refractivity contribution in [2.24, 2.45) is 0 Å². The molecule has 2 N–H and O–H groups in total. The minimum absolute atomic E-state index is 0.0302. The molecular formula is C21H40N2O12Si. The average molecular weight is 541 g/mol. The highest BCUT2D eigenvalue weighted by Crippen LogP contribution is 2.14. The summed E-state index contributed by atoms with van der Waals surface area (Å²) in [5, 5.41) is 5.06. The monoisotopic (exact) mass is 540 g/mol. The third kappa shape index (κ3) is 19.0. The highest BCUT2D eigenvalue weighted by Gasteiger charge is 2.36. The molecule has 0 unspecified atom stereocenters. The lowest BCUT2D eigenvalue weighted by molar-refractivity contribution is -0.137. The molecule has 0 aromatic heterocycles. The summed E-state index contributed by atoms with van der Waals surface area (Å²) in [5.74, 6) is -0.560. The van der Waals surface area contributed by atoms with E-state index in [0.29, 0.717) is 45.4 Å². The Labute approximate surface area is 213 Å². The van der Waals surface area contributed by atoms with E-state index in [4.69, 9.17) is 41.7 Å². The first kappa shape index (κ1) is 33.7. The van der Waals surface area contributed by atoms with Crippen LogP contribution in [0.1, 0.15) is 6.42 Å². The van der Waals surface area contributed by atoms with Crippen LogP contribution in [0, 0.1) is 0 Å². The first-order chi connectivity index (χ1) is 17.4. The molecule has 0 aliphatic heterocycles. The van der Waals surface area contributed by atoms with Gasteiger partial charge in [-0.15, -0.1) is 0 Å². The number of hydrogen-bond acceptors (Lipinski definition) is 12. The molecule has 0 atom stereocenters. The molecular weight excluding hydrogens is 500 g/mol. The van der Waals surface area contributed by atoms with Crippen molar-refractivity contribution in [2.75, 3.05) is 93.9 Å². The molecule has 36 heavy (non-hydrogen) atoms. The van der Waals surface area contributed by atoms with Crippen molar-refractivity contribution < 1.29 is 56.1 Å². The van der Waals surface area contributed by atoms with Gasteiger partial charge in [0.05, 0.1) is 46.2 Å². The minimum atomic E-state index is -2.63. The van der Waals surface area contributed by atoms with E-state index < -0.39 is 27.0 Å². The van der Waals surface area contributed by atoms with Gasteiger partial charge in [-0.1, -0.05) is 6.58 Å². The van der Waals surface area contributed by atoms with E-state index in [9.17, 15) is 14.4 Å². The molecule has 2 amide bonds. The summed E-state index contributed by atoms with van der Waals surface area (Å²) in [5.41, 5.74) is 0. The molecule has 0 rings (SSSR count). The van der Waals surface area contributed by atoms with E-state index in [-0.39, 0.29) is 39.6 Å². The van der Waals surface area contributed by atoms with Gasteiger partial charge in [-0.2, -0.15) is 0 Å². The standard InChI is InChI=1S/C21H40N2O12Si/c1-5-19(24)33-9-8-23-21(26)35-17-15-32-13-11-30-10-12-31-14-16-34-20(25)22-7-6-18-36(27-2,28-3)29-4/h5H,1,6-18H2,2-4H3,(H,22,25)(H,23,26). The Morgan fingerprint density at radius 2 is 1.11 bits per heavy atom. The number of nitrogens with one attached hydrogen (secondary N) is 2. The normalized spacial score (nSPS) is 11.0. The van der Waals surface area contributed by atoms with E-state index in [1.165, 1.54) is 0 Å². The van der Waals surface area contributed by atoms with Crippen molar-refractivity contribution in [1.82, 2.24) is 10.6 Å². The fraction of sp³-hybridized carbons (Fsp3) is 0.762. The number of rotatable bonds is 23. The van der Waals surface area contributed by atoms with E-state index in [2.05, 4.69) is 17.2 Å². The highest BCUT2D eigenvalue weighted by atomic mass is 28.4. The molecule has 0 fully saturated rings. The van der Waals surface area contributed by atoms with Crippen LogP contribution in [0.25, 0.3) is 0 Å². The second-order valence-corrected chi connectivity index (χ2v) is 9.82. The zero-order valence-electron chi connectivity index (χ0n) is 21.4. The van der Waals surface area contributed by atoms with Crippen molar-refractivity contribution >= 4 is 27.0 Å². The van der Waals surface area contributed by atoms with Gasteiger partial charge in [0.1, 0.15) is 19.8 Å². The Morgan fingerprint density at radius 3 is 1.56 bits per heavy atom. The summed E-state index contributed by atoms with van der Waals surface area (Å²) in [4.78, 5) is 33.8. The fourth-order valence-electron chi connectivity index (χ4n) is 2.45. The van der Waals surface area contributed by atoms with Gasteiger partial charge < -0.3 is 52.3 Å². The van der Waals surface area contributed by atoms with Crippen molar-refractivity contribution in [3.8, 4) is 0 Å². The third-order valence-corrected chi connectivity index (χ3v) is 7.14. The van der Waals surface area contributed by atoms with Crippen LogP contribution < -0.4 is 10.6 Å². The summed E-state index contributed by atoms with van der Waals surface area (Å²) in [6.45, 7) is 5.86. The van der Waals surface area contributed by atoms with Gasteiger partial charge in [0.15, 0.2) is 0 Å². The zero-order valence-corrected chi connectivity index (χ0v) is 22.4. The molecule has 0 saturated heterocycles. The Hall–Kier alpha value is -2.27. The van der Waals surface area contributed by atoms with Crippen molar-refractivity contribution in [3.05, 3.63) is 12.7 Å². The molecule has 0 aliphatic carbocycles. The van der Waals surface area contributed by atoms with Gasteiger partial charge >= 0.3 is 27.0 Å². The van der Waals surface area contributed by atoms with Gasteiger partial charge in [-0.05, 0) is 6.42 Å². The van der Waals surface area contributed by atoms with Gasteiger partial charge in [0, 0.05) is 40.0 Å². The summed E-state index contributed by atoms with van der Waals surface area (Å²) in [6.07, 6.45) is 0.511. The Bertz CT molecular complexity index is 599. The van der Waals surface area contributed by atoms with Crippen molar-refractivity contribution in [1.29, 1.82) is 0 Å². The molecule has 14 nitrogen and oxygen atoms in total. The smallest absolute Gasteiger partial charge is 0.461 e. The summed E-state index contributed by atoms with van der Waals surface area (Å²) < 4.78 is 46.4. The molecule has 0 saturated carbocycles. The van der Waals surface area contributed by atoms with Gasteiger partial charge in [-0.25, -0.2) is 14.4 Å². The molecule has 0 radical (unpaired) electrons. The van der Waals surface area contributed by atoms with E-state index in [0.717, 1.165) is 6.08 Å². The van der Waals surface area contributed by atoms with Crippen LogP contribution in [0.4, 0.5) is 9.59 Å².